The van der Waals surface area contributed by atoms with Crippen LogP contribution in [0.4, 0.5) is 5.69 Å². The number of nitrogens with one attached hydrogen (secondary N) is 1. The molecule has 0 bridgehead atoms. The zero-order chi connectivity index (χ0) is 26.8. The van der Waals surface area contributed by atoms with E-state index in [0.29, 0.717) is 25.3 Å². The first-order valence-corrected chi connectivity index (χ1v) is 13.2. The molecule has 0 radical (unpaired) electrons. The summed E-state index contributed by atoms with van der Waals surface area (Å²) in [6, 6.07) is 21.1. The first-order valence-electron chi connectivity index (χ1n) is 11.7. The highest BCUT2D eigenvalue weighted by atomic mass is 32.2. The molecule has 2 atom stereocenters. The quantitative estimate of drug-likeness (QED) is 0.184. The lowest BCUT2D eigenvalue weighted by molar-refractivity contribution is -0.387. The van der Waals surface area contributed by atoms with E-state index in [1.807, 2.05) is 54.6 Å². The summed E-state index contributed by atoms with van der Waals surface area (Å²) in [6.45, 7) is 8.67. The summed E-state index contributed by atoms with van der Waals surface area (Å²) in [7, 11) is -2.70. The van der Waals surface area contributed by atoms with E-state index < -0.39 is 32.7 Å². The topological polar surface area (TPSA) is 102 Å². The molecule has 3 aromatic rings. The van der Waals surface area contributed by atoms with Gasteiger partial charge in [0.25, 0.3) is 5.69 Å². The number of hydrogen-bond donors (Lipinski definition) is 1. The molecule has 0 unspecified atom stereocenters. The average Bonchev–Trinajstić information content (AvgIpc) is 2.90. The van der Waals surface area contributed by atoms with Gasteiger partial charge in [0.05, 0.1) is 18.1 Å². The lowest BCUT2D eigenvalue weighted by Gasteiger charge is -2.37. The predicted octanol–water partition coefficient (Wildman–Crippen LogP) is 4.91. The minimum atomic E-state index is -4.28. The highest BCUT2D eigenvalue weighted by Crippen LogP contribution is 2.31. The summed E-state index contributed by atoms with van der Waals surface area (Å²) in [6.07, 6.45) is 3.83. The van der Waals surface area contributed by atoms with Crippen LogP contribution in [0, 0.1) is 10.1 Å². The normalized spacial score (nSPS) is 13.0. The molecule has 0 heterocycles. The maximum absolute atomic E-state index is 13.6. The van der Waals surface area contributed by atoms with Crippen molar-refractivity contribution >= 4 is 15.7 Å². The van der Waals surface area contributed by atoms with E-state index in [-0.39, 0.29) is 4.90 Å². The van der Waals surface area contributed by atoms with Crippen molar-refractivity contribution < 1.29 is 18.1 Å². The molecule has 0 fully saturated rings. The summed E-state index contributed by atoms with van der Waals surface area (Å²) >= 11 is 0. The van der Waals surface area contributed by atoms with Crippen LogP contribution in [-0.2, 0) is 16.4 Å². The number of sulfonamides is 1. The number of benzene rings is 3. The molecular weight excluding hydrogens is 490 g/mol. The van der Waals surface area contributed by atoms with Crippen molar-refractivity contribution in [1.82, 2.24) is 9.62 Å². The van der Waals surface area contributed by atoms with E-state index in [0.717, 1.165) is 11.1 Å². The van der Waals surface area contributed by atoms with Gasteiger partial charge in [-0.05, 0) is 35.7 Å². The van der Waals surface area contributed by atoms with Gasteiger partial charge in [-0.15, -0.1) is 13.2 Å². The second kappa shape index (κ2) is 13.0. The van der Waals surface area contributed by atoms with E-state index >= 15 is 0 Å². The fraction of sp³-hybridized carbons (Fsp3) is 0.214. The molecule has 0 aliphatic rings. The van der Waals surface area contributed by atoms with Crippen molar-refractivity contribution in [3.63, 3.8) is 0 Å². The SMILES string of the molecule is C=CCN(CC=C)[C@H](c1ccc(OC)cc1)[C@H](Cc1ccccc1)NS(=O)(=O)c1ccccc1[N+](=O)[O-]. The Morgan fingerprint density at radius 1 is 0.973 bits per heavy atom. The zero-order valence-electron chi connectivity index (χ0n) is 20.7. The Hall–Kier alpha value is -3.79. The van der Waals surface area contributed by atoms with Crippen LogP contribution in [0.15, 0.2) is 109 Å². The van der Waals surface area contributed by atoms with Gasteiger partial charge < -0.3 is 4.74 Å². The van der Waals surface area contributed by atoms with E-state index in [1.54, 1.807) is 19.3 Å². The molecule has 0 saturated heterocycles. The molecule has 37 heavy (non-hydrogen) atoms. The standard InChI is InChI=1S/C28H31N3O5S/c1-4-19-30(20-5-2)28(23-15-17-24(36-3)18-16-23)25(21-22-11-7-6-8-12-22)29-37(34,35)27-14-10-9-13-26(27)31(32)33/h4-18,25,28-29H,1-2,19-21H2,3H3/t25-,28+/m0/s1. The maximum atomic E-state index is 13.6. The van der Waals surface area contributed by atoms with E-state index in [4.69, 9.17) is 4.74 Å². The minimum absolute atomic E-state index is 0.335. The van der Waals surface area contributed by atoms with Gasteiger partial charge in [0.2, 0.25) is 10.0 Å². The number of hydrogen-bond acceptors (Lipinski definition) is 6. The second-order valence-corrected chi connectivity index (χ2v) is 10.1. The zero-order valence-corrected chi connectivity index (χ0v) is 21.5. The molecule has 0 aliphatic carbocycles. The van der Waals surface area contributed by atoms with Crippen molar-refractivity contribution in [2.24, 2.45) is 0 Å². The summed E-state index contributed by atoms with van der Waals surface area (Å²) in [5.41, 5.74) is 1.27. The molecule has 0 spiro atoms. The van der Waals surface area contributed by atoms with Crippen molar-refractivity contribution in [3.05, 3.63) is 125 Å². The number of rotatable bonds is 14. The summed E-state index contributed by atoms with van der Waals surface area (Å²) in [4.78, 5) is 12.6. The highest BCUT2D eigenvalue weighted by Gasteiger charge is 2.34. The highest BCUT2D eigenvalue weighted by molar-refractivity contribution is 7.89. The van der Waals surface area contributed by atoms with E-state index in [2.05, 4.69) is 22.8 Å². The van der Waals surface area contributed by atoms with Crippen LogP contribution in [0.2, 0.25) is 0 Å². The maximum Gasteiger partial charge on any atom is 0.289 e. The van der Waals surface area contributed by atoms with Crippen molar-refractivity contribution in [2.45, 2.75) is 23.4 Å². The average molecular weight is 522 g/mol. The Morgan fingerprint density at radius 3 is 2.14 bits per heavy atom. The minimum Gasteiger partial charge on any atom is -0.497 e. The molecule has 0 saturated carbocycles. The van der Waals surface area contributed by atoms with Crippen molar-refractivity contribution in [1.29, 1.82) is 0 Å². The van der Waals surface area contributed by atoms with Crippen LogP contribution in [0.1, 0.15) is 17.2 Å². The number of ether oxygens (including phenoxy) is 1. The van der Waals surface area contributed by atoms with Crippen molar-refractivity contribution in [2.75, 3.05) is 20.2 Å². The molecule has 1 N–H and O–H groups in total. The van der Waals surface area contributed by atoms with Gasteiger partial charge in [0.15, 0.2) is 4.90 Å². The largest absolute Gasteiger partial charge is 0.497 e. The number of nitro benzene ring substituents is 1. The first-order chi connectivity index (χ1) is 17.8. The van der Waals surface area contributed by atoms with Crippen LogP contribution in [0.3, 0.4) is 0 Å². The Morgan fingerprint density at radius 2 is 1.57 bits per heavy atom. The van der Waals surface area contributed by atoms with E-state index in [1.165, 1.54) is 24.3 Å². The van der Waals surface area contributed by atoms with Crippen LogP contribution in [0.5, 0.6) is 5.75 Å². The van der Waals surface area contributed by atoms with Gasteiger partial charge in [0, 0.05) is 25.2 Å². The third-order valence-corrected chi connectivity index (χ3v) is 7.45. The number of methoxy groups -OCH3 is 1. The Balaban J connectivity index is 2.16. The molecule has 3 rings (SSSR count). The van der Waals surface area contributed by atoms with Crippen LogP contribution < -0.4 is 9.46 Å². The third-order valence-electron chi connectivity index (χ3n) is 5.92. The second-order valence-electron chi connectivity index (χ2n) is 8.39. The summed E-state index contributed by atoms with van der Waals surface area (Å²) in [5.74, 6) is 0.668. The molecule has 3 aromatic carbocycles. The Bertz CT molecular complexity index is 1300. The molecule has 0 aliphatic heterocycles. The van der Waals surface area contributed by atoms with Gasteiger partial charge in [-0.2, -0.15) is 0 Å². The molecule has 0 amide bonds. The number of nitrogens with zero attached hydrogens (tertiary/aromatic N) is 2. The van der Waals surface area contributed by atoms with Crippen LogP contribution in [0.25, 0.3) is 0 Å². The molecule has 194 valence electrons. The molecule has 0 aromatic heterocycles. The van der Waals surface area contributed by atoms with Crippen LogP contribution in [-0.4, -0.2) is 44.5 Å². The Labute approximate surface area is 218 Å². The number of nitro groups is 1. The summed E-state index contributed by atoms with van der Waals surface area (Å²) in [5, 5.41) is 11.6. The smallest absolute Gasteiger partial charge is 0.289 e. The van der Waals surface area contributed by atoms with Gasteiger partial charge in [-0.3, -0.25) is 15.0 Å². The lowest BCUT2D eigenvalue weighted by Crippen LogP contribution is -2.47. The van der Waals surface area contributed by atoms with Crippen molar-refractivity contribution in [3.8, 4) is 5.75 Å². The van der Waals surface area contributed by atoms with Gasteiger partial charge in [0.1, 0.15) is 5.75 Å². The monoisotopic (exact) mass is 521 g/mol. The van der Waals surface area contributed by atoms with Gasteiger partial charge in [-0.1, -0.05) is 66.7 Å². The predicted molar refractivity (Wildman–Crippen MR) is 145 cm³/mol. The summed E-state index contributed by atoms with van der Waals surface area (Å²) < 4.78 is 35.4. The number of para-hydroxylation sites is 1. The van der Waals surface area contributed by atoms with E-state index in [9.17, 15) is 18.5 Å². The fourth-order valence-corrected chi connectivity index (χ4v) is 5.73. The van der Waals surface area contributed by atoms with Crippen LogP contribution >= 0.6 is 0 Å². The fourth-order valence-electron chi connectivity index (χ4n) is 4.32. The van der Waals surface area contributed by atoms with Gasteiger partial charge >= 0.3 is 0 Å². The first kappa shape index (κ1) is 27.8. The lowest BCUT2D eigenvalue weighted by atomic mass is 9.92. The Kier molecular flexibility index (Phi) is 9.73. The molecule has 8 nitrogen and oxygen atoms in total. The van der Waals surface area contributed by atoms with Gasteiger partial charge in [-0.25, -0.2) is 13.1 Å². The molecular formula is C28H31N3O5S. The molecule has 9 heteroatoms. The third kappa shape index (κ3) is 7.13.